The third kappa shape index (κ3) is 3.96. The zero-order valence-electron chi connectivity index (χ0n) is 11.0. The van der Waals surface area contributed by atoms with E-state index in [9.17, 15) is 4.79 Å². The number of likely N-dealkylation sites (tertiary alicyclic amines) is 1. The molecule has 17 heavy (non-hydrogen) atoms. The molecule has 0 saturated carbocycles. The summed E-state index contributed by atoms with van der Waals surface area (Å²) in [5.41, 5.74) is 0. The first-order chi connectivity index (χ1) is 8.13. The Morgan fingerprint density at radius 2 is 2.12 bits per heavy atom. The van der Waals surface area contributed by atoms with E-state index in [1.54, 1.807) is 0 Å². The largest absolute Gasteiger partial charge is 0.354 e. The topological polar surface area (TPSA) is 44.4 Å². The second kappa shape index (κ2) is 5.83. The fourth-order valence-corrected chi connectivity index (χ4v) is 2.87. The molecule has 4 heteroatoms. The molecule has 2 heterocycles. The first-order valence-corrected chi connectivity index (χ1v) is 6.91. The second-order valence-corrected chi connectivity index (χ2v) is 5.70. The van der Waals surface area contributed by atoms with Gasteiger partial charge in [-0.1, -0.05) is 0 Å². The molecular weight excluding hydrogens is 214 g/mol. The van der Waals surface area contributed by atoms with Crippen molar-refractivity contribution in [2.24, 2.45) is 0 Å². The molecule has 1 amide bonds. The van der Waals surface area contributed by atoms with Gasteiger partial charge in [-0.15, -0.1) is 0 Å². The van der Waals surface area contributed by atoms with Crippen molar-refractivity contribution in [2.45, 2.75) is 57.7 Å². The quantitative estimate of drug-likeness (QED) is 0.760. The number of carbonyl (C=O) groups excluding carboxylic acids is 1. The van der Waals surface area contributed by atoms with Gasteiger partial charge >= 0.3 is 0 Å². The molecule has 0 radical (unpaired) electrons. The Morgan fingerprint density at radius 3 is 2.88 bits per heavy atom. The molecule has 0 aliphatic carbocycles. The Bertz CT molecular complexity index is 267. The Labute approximate surface area is 104 Å². The molecule has 0 aromatic carbocycles. The van der Waals surface area contributed by atoms with Crippen LogP contribution in [0.1, 0.15) is 39.5 Å². The van der Waals surface area contributed by atoms with Crippen molar-refractivity contribution in [1.82, 2.24) is 15.5 Å². The molecule has 2 fully saturated rings. The Kier molecular flexibility index (Phi) is 4.40. The average molecular weight is 239 g/mol. The molecule has 2 atom stereocenters. The molecule has 2 unspecified atom stereocenters. The van der Waals surface area contributed by atoms with Gasteiger partial charge in [0.1, 0.15) is 0 Å². The molecule has 2 aliphatic heterocycles. The minimum atomic E-state index is 0.183. The maximum atomic E-state index is 11.6. The van der Waals surface area contributed by atoms with Crippen LogP contribution < -0.4 is 10.6 Å². The smallest absolute Gasteiger partial charge is 0.221 e. The van der Waals surface area contributed by atoms with Crippen LogP contribution in [0.4, 0.5) is 0 Å². The van der Waals surface area contributed by atoms with E-state index < -0.39 is 0 Å². The molecule has 2 bridgehead atoms. The number of carbonyl (C=O) groups is 1. The molecule has 0 aromatic rings. The lowest BCUT2D eigenvalue weighted by atomic mass is 10.1. The summed E-state index contributed by atoms with van der Waals surface area (Å²) in [6.07, 6.45) is 4.52. The number of rotatable bonds is 4. The van der Waals surface area contributed by atoms with Gasteiger partial charge in [0.2, 0.25) is 5.91 Å². The van der Waals surface area contributed by atoms with E-state index >= 15 is 0 Å². The third-order valence-electron chi connectivity index (χ3n) is 3.71. The van der Waals surface area contributed by atoms with Crippen molar-refractivity contribution >= 4 is 5.91 Å². The van der Waals surface area contributed by atoms with E-state index in [0.717, 1.165) is 25.7 Å². The molecule has 2 N–H and O–H groups in total. The highest BCUT2D eigenvalue weighted by Crippen LogP contribution is 2.20. The molecule has 2 saturated heterocycles. The van der Waals surface area contributed by atoms with E-state index in [4.69, 9.17) is 0 Å². The molecular formula is C13H25N3O. The first kappa shape index (κ1) is 12.8. The van der Waals surface area contributed by atoms with E-state index in [1.807, 2.05) is 13.8 Å². The monoisotopic (exact) mass is 239 g/mol. The fourth-order valence-electron chi connectivity index (χ4n) is 2.87. The Hall–Kier alpha value is -0.610. The Balaban J connectivity index is 1.70. The summed E-state index contributed by atoms with van der Waals surface area (Å²) < 4.78 is 0. The van der Waals surface area contributed by atoms with Crippen LogP contribution in [0.2, 0.25) is 0 Å². The number of hydrogen-bond acceptors (Lipinski definition) is 3. The van der Waals surface area contributed by atoms with Crippen LogP contribution in [0.25, 0.3) is 0 Å². The van der Waals surface area contributed by atoms with Crippen molar-refractivity contribution in [2.75, 3.05) is 19.6 Å². The molecule has 4 nitrogen and oxygen atoms in total. The van der Waals surface area contributed by atoms with Crippen molar-refractivity contribution in [1.29, 1.82) is 0 Å². The van der Waals surface area contributed by atoms with Gasteiger partial charge in [0.25, 0.3) is 0 Å². The second-order valence-electron chi connectivity index (χ2n) is 5.70. The Morgan fingerprint density at radius 1 is 1.35 bits per heavy atom. The van der Waals surface area contributed by atoms with Crippen molar-refractivity contribution < 1.29 is 4.79 Å². The van der Waals surface area contributed by atoms with Gasteiger partial charge < -0.3 is 15.5 Å². The molecule has 0 aromatic heterocycles. The van der Waals surface area contributed by atoms with Crippen LogP contribution in [-0.4, -0.2) is 48.6 Å². The zero-order valence-corrected chi connectivity index (χ0v) is 11.0. The van der Waals surface area contributed by atoms with E-state index in [0.29, 0.717) is 12.5 Å². The standard InChI is InChI=1S/C13H25N3O/c1-10(2)14-13(17)6-8-16-7-5-11-3-4-12(9-16)15-11/h10-12,15H,3-9H2,1-2H3,(H,14,17). The average Bonchev–Trinajstić information content (AvgIpc) is 2.56. The summed E-state index contributed by atoms with van der Waals surface area (Å²) in [7, 11) is 0. The molecule has 98 valence electrons. The van der Waals surface area contributed by atoms with Crippen molar-refractivity contribution in [3.63, 3.8) is 0 Å². The zero-order chi connectivity index (χ0) is 12.3. The van der Waals surface area contributed by atoms with E-state index in [2.05, 4.69) is 15.5 Å². The minimum absolute atomic E-state index is 0.183. The maximum Gasteiger partial charge on any atom is 0.221 e. The van der Waals surface area contributed by atoms with E-state index in [-0.39, 0.29) is 11.9 Å². The summed E-state index contributed by atoms with van der Waals surface area (Å²) in [6, 6.07) is 1.65. The highest BCUT2D eigenvalue weighted by atomic mass is 16.1. The summed E-state index contributed by atoms with van der Waals surface area (Å²) in [4.78, 5) is 14.0. The predicted molar refractivity (Wildman–Crippen MR) is 68.9 cm³/mol. The van der Waals surface area contributed by atoms with Crippen molar-refractivity contribution in [3.05, 3.63) is 0 Å². The summed E-state index contributed by atoms with van der Waals surface area (Å²) >= 11 is 0. The third-order valence-corrected chi connectivity index (χ3v) is 3.71. The SMILES string of the molecule is CC(C)NC(=O)CCN1CCC2CCC(C1)N2. The predicted octanol–water partition coefficient (Wildman–Crippen LogP) is 0.727. The summed E-state index contributed by atoms with van der Waals surface area (Å²) in [6.45, 7) is 7.18. The van der Waals surface area contributed by atoms with Crippen LogP contribution in [0.15, 0.2) is 0 Å². The van der Waals surface area contributed by atoms with E-state index in [1.165, 1.54) is 19.3 Å². The maximum absolute atomic E-state index is 11.6. The van der Waals surface area contributed by atoms with Gasteiger partial charge in [0, 0.05) is 37.6 Å². The van der Waals surface area contributed by atoms with Gasteiger partial charge in [-0.05, 0) is 39.7 Å². The van der Waals surface area contributed by atoms with Gasteiger partial charge in [0.15, 0.2) is 0 Å². The number of nitrogens with one attached hydrogen (secondary N) is 2. The van der Waals surface area contributed by atoms with Crippen LogP contribution in [0, 0.1) is 0 Å². The number of fused-ring (bicyclic) bond motifs is 2. The van der Waals surface area contributed by atoms with Gasteiger partial charge in [0.05, 0.1) is 0 Å². The van der Waals surface area contributed by atoms with Gasteiger partial charge in [-0.2, -0.15) is 0 Å². The molecule has 2 aliphatic rings. The first-order valence-electron chi connectivity index (χ1n) is 6.91. The van der Waals surface area contributed by atoms with Crippen LogP contribution in [-0.2, 0) is 4.79 Å². The lowest BCUT2D eigenvalue weighted by Crippen LogP contribution is -2.38. The summed E-state index contributed by atoms with van der Waals surface area (Å²) in [5.74, 6) is 0.183. The van der Waals surface area contributed by atoms with Gasteiger partial charge in [-0.3, -0.25) is 4.79 Å². The lowest BCUT2D eigenvalue weighted by Gasteiger charge is -2.23. The molecule has 0 spiro atoms. The van der Waals surface area contributed by atoms with Gasteiger partial charge in [-0.25, -0.2) is 0 Å². The van der Waals surface area contributed by atoms with Crippen LogP contribution in [0.3, 0.4) is 0 Å². The number of hydrogen-bond donors (Lipinski definition) is 2. The molecule has 2 rings (SSSR count). The fraction of sp³-hybridized carbons (Fsp3) is 0.923. The van der Waals surface area contributed by atoms with Crippen LogP contribution in [0.5, 0.6) is 0 Å². The van der Waals surface area contributed by atoms with Crippen molar-refractivity contribution in [3.8, 4) is 0 Å². The highest BCUT2D eigenvalue weighted by Gasteiger charge is 2.29. The normalized spacial score (nSPS) is 29.4. The number of amides is 1. The van der Waals surface area contributed by atoms with Crippen LogP contribution >= 0.6 is 0 Å². The number of nitrogens with zero attached hydrogens (tertiary/aromatic N) is 1. The minimum Gasteiger partial charge on any atom is -0.354 e. The highest BCUT2D eigenvalue weighted by molar-refractivity contribution is 5.76. The lowest BCUT2D eigenvalue weighted by molar-refractivity contribution is -0.121. The summed E-state index contributed by atoms with van der Waals surface area (Å²) in [5, 5.41) is 6.61.